The molecule has 0 amide bonds. The molecule has 2 nitrogen and oxygen atoms in total. The van der Waals surface area contributed by atoms with E-state index < -0.39 is 8.07 Å². The molecule has 3 rings (SSSR count). The number of nitrogens with one attached hydrogen (secondary N) is 2. The van der Waals surface area contributed by atoms with E-state index >= 15 is 0 Å². The third-order valence-corrected chi connectivity index (χ3v) is 6.00. The van der Waals surface area contributed by atoms with Crippen molar-refractivity contribution >= 4 is 13.3 Å². The van der Waals surface area contributed by atoms with Crippen LogP contribution < -0.4 is 5.19 Å². The number of aromatic amines is 2. The first kappa shape index (κ1) is 14.0. The van der Waals surface area contributed by atoms with Crippen molar-refractivity contribution in [1.29, 1.82) is 0 Å². The Hall–Kier alpha value is -2.00. The van der Waals surface area contributed by atoms with Crippen LogP contribution in [-0.4, -0.2) is 18.0 Å². The Bertz CT molecular complexity index is 657. The number of hydrogen-bond acceptors (Lipinski definition) is 0. The van der Waals surface area contributed by atoms with Gasteiger partial charge in [-0.15, -0.1) is 0 Å². The van der Waals surface area contributed by atoms with E-state index in [2.05, 4.69) is 78.1 Å². The second-order valence-electron chi connectivity index (χ2n) is 6.56. The minimum Gasteiger partial charge on any atom is -0.364 e. The lowest BCUT2D eigenvalue weighted by atomic mass is 9.93. The summed E-state index contributed by atoms with van der Waals surface area (Å²) in [7, 11) is -1.30. The van der Waals surface area contributed by atoms with Crippen molar-refractivity contribution in [1.82, 2.24) is 9.97 Å². The summed E-state index contributed by atoms with van der Waals surface area (Å²) in [5.41, 5.74) is 3.80. The predicted molar refractivity (Wildman–Crippen MR) is 92.0 cm³/mol. The topological polar surface area (TPSA) is 31.6 Å². The molecule has 0 saturated carbocycles. The lowest BCUT2D eigenvalue weighted by Crippen LogP contribution is -2.37. The second-order valence-corrected chi connectivity index (χ2v) is 11.6. The average molecular weight is 294 g/mol. The van der Waals surface area contributed by atoms with E-state index in [0.29, 0.717) is 0 Å². The van der Waals surface area contributed by atoms with E-state index in [0.717, 1.165) is 0 Å². The van der Waals surface area contributed by atoms with Gasteiger partial charge >= 0.3 is 0 Å². The van der Waals surface area contributed by atoms with Gasteiger partial charge < -0.3 is 9.97 Å². The van der Waals surface area contributed by atoms with Gasteiger partial charge in [-0.05, 0) is 29.8 Å². The van der Waals surface area contributed by atoms with Gasteiger partial charge in [-0.3, -0.25) is 0 Å². The van der Waals surface area contributed by atoms with Gasteiger partial charge in [0.05, 0.1) is 14.0 Å². The van der Waals surface area contributed by atoms with Gasteiger partial charge in [-0.1, -0.05) is 49.1 Å². The largest absolute Gasteiger partial charge is 0.364 e. The fourth-order valence-electron chi connectivity index (χ4n) is 2.76. The zero-order chi connectivity index (χ0) is 14.9. The molecule has 0 aliphatic heterocycles. The molecule has 0 atom stereocenters. The highest BCUT2D eigenvalue weighted by Crippen LogP contribution is 2.29. The molecule has 2 aromatic heterocycles. The first-order chi connectivity index (χ1) is 10.1. The number of hydrogen-bond donors (Lipinski definition) is 2. The zero-order valence-electron chi connectivity index (χ0n) is 12.9. The molecule has 1 aromatic carbocycles. The highest BCUT2D eigenvalue weighted by molar-refractivity contribution is 6.88. The molecule has 0 fully saturated rings. The Morgan fingerprint density at radius 1 is 0.810 bits per heavy atom. The molecule has 2 N–H and O–H groups in total. The first-order valence-electron chi connectivity index (χ1n) is 7.43. The standard InChI is InChI=1S/C18H22N2Si/c1-21(2,3)15-8-4-7-14(13-15)18(16-9-5-11-19-16)17-10-6-12-20-17/h4-13,18-20H,1-3H3. The normalized spacial score (nSPS) is 12.0. The van der Waals surface area contributed by atoms with Crippen molar-refractivity contribution in [2.75, 3.05) is 0 Å². The van der Waals surface area contributed by atoms with Gasteiger partial charge in [0.2, 0.25) is 0 Å². The van der Waals surface area contributed by atoms with Crippen LogP contribution in [0.3, 0.4) is 0 Å². The third kappa shape index (κ3) is 2.88. The van der Waals surface area contributed by atoms with E-state index in [-0.39, 0.29) is 5.92 Å². The molecule has 2 heterocycles. The maximum absolute atomic E-state index is 3.37. The monoisotopic (exact) mass is 294 g/mol. The molecule has 0 radical (unpaired) electrons. The van der Waals surface area contributed by atoms with Crippen molar-refractivity contribution in [3.63, 3.8) is 0 Å². The van der Waals surface area contributed by atoms with Crippen LogP contribution in [0, 0.1) is 0 Å². The van der Waals surface area contributed by atoms with Crippen molar-refractivity contribution < 1.29 is 0 Å². The fourth-order valence-corrected chi connectivity index (χ4v) is 3.95. The number of benzene rings is 1. The molecule has 0 aliphatic rings. The highest BCUT2D eigenvalue weighted by atomic mass is 28.3. The molecule has 21 heavy (non-hydrogen) atoms. The van der Waals surface area contributed by atoms with Gasteiger partial charge in [0.1, 0.15) is 0 Å². The van der Waals surface area contributed by atoms with Crippen LogP contribution in [0.5, 0.6) is 0 Å². The average Bonchev–Trinajstić information content (AvgIpc) is 3.12. The summed E-state index contributed by atoms with van der Waals surface area (Å²) < 4.78 is 0. The minimum absolute atomic E-state index is 0.242. The fraction of sp³-hybridized carbons (Fsp3) is 0.222. The van der Waals surface area contributed by atoms with E-state index in [1.807, 2.05) is 12.4 Å². The van der Waals surface area contributed by atoms with Crippen LogP contribution in [0.4, 0.5) is 0 Å². The minimum atomic E-state index is -1.30. The Kier molecular flexibility index (Phi) is 3.60. The quantitative estimate of drug-likeness (QED) is 0.680. The van der Waals surface area contributed by atoms with Crippen LogP contribution in [0.2, 0.25) is 19.6 Å². The molecule has 108 valence electrons. The van der Waals surface area contributed by atoms with Crippen LogP contribution in [0.15, 0.2) is 60.9 Å². The molecule has 0 bridgehead atoms. The maximum Gasteiger partial charge on any atom is 0.0776 e. The van der Waals surface area contributed by atoms with Gasteiger partial charge in [0, 0.05) is 23.8 Å². The first-order valence-corrected chi connectivity index (χ1v) is 10.9. The summed E-state index contributed by atoms with van der Waals surface area (Å²) in [6.07, 6.45) is 3.99. The zero-order valence-corrected chi connectivity index (χ0v) is 13.9. The molecule has 3 aromatic rings. The van der Waals surface area contributed by atoms with Crippen LogP contribution >= 0.6 is 0 Å². The van der Waals surface area contributed by atoms with E-state index in [9.17, 15) is 0 Å². The lowest BCUT2D eigenvalue weighted by Gasteiger charge is -2.21. The molecular weight excluding hydrogens is 272 g/mol. The SMILES string of the molecule is C[Si](C)(C)c1cccc(C(c2ccc[nH]2)c2ccc[nH]2)c1. The third-order valence-electron chi connectivity index (χ3n) is 3.95. The summed E-state index contributed by atoms with van der Waals surface area (Å²) in [5, 5.41) is 1.50. The van der Waals surface area contributed by atoms with E-state index in [1.54, 1.807) is 0 Å². The van der Waals surface area contributed by atoms with Crippen molar-refractivity contribution in [3.05, 3.63) is 77.9 Å². The molecule has 3 heteroatoms. The van der Waals surface area contributed by atoms with Gasteiger partial charge in [-0.25, -0.2) is 0 Å². The molecule has 0 saturated heterocycles. The number of rotatable bonds is 4. The number of aromatic nitrogens is 2. The predicted octanol–water partition coefficient (Wildman–Crippen LogP) is 4.07. The van der Waals surface area contributed by atoms with Crippen molar-refractivity contribution in [3.8, 4) is 0 Å². The second kappa shape index (κ2) is 5.41. The van der Waals surface area contributed by atoms with Crippen molar-refractivity contribution in [2.45, 2.75) is 25.6 Å². The maximum atomic E-state index is 3.37. The summed E-state index contributed by atoms with van der Waals surface area (Å²) >= 11 is 0. The van der Waals surface area contributed by atoms with Gasteiger partial charge in [0.15, 0.2) is 0 Å². The Balaban J connectivity index is 2.10. The Morgan fingerprint density at radius 2 is 1.43 bits per heavy atom. The van der Waals surface area contributed by atoms with Crippen LogP contribution in [0.25, 0.3) is 0 Å². The number of H-pyrrole nitrogens is 2. The highest BCUT2D eigenvalue weighted by Gasteiger charge is 2.21. The summed E-state index contributed by atoms with van der Waals surface area (Å²) in [6.45, 7) is 7.18. The summed E-state index contributed by atoms with van der Waals surface area (Å²) in [4.78, 5) is 6.75. The molecule has 0 unspecified atom stereocenters. The van der Waals surface area contributed by atoms with E-state index in [1.165, 1.54) is 22.1 Å². The van der Waals surface area contributed by atoms with Crippen LogP contribution in [0.1, 0.15) is 22.9 Å². The van der Waals surface area contributed by atoms with Crippen LogP contribution in [-0.2, 0) is 0 Å². The molecule has 0 aliphatic carbocycles. The van der Waals surface area contributed by atoms with Gasteiger partial charge in [0.25, 0.3) is 0 Å². The molecule has 0 spiro atoms. The lowest BCUT2D eigenvalue weighted by molar-refractivity contribution is 0.899. The summed E-state index contributed by atoms with van der Waals surface area (Å²) in [6, 6.07) is 17.5. The Labute approximate surface area is 127 Å². The summed E-state index contributed by atoms with van der Waals surface area (Å²) in [5.74, 6) is 0.242. The van der Waals surface area contributed by atoms with Crippen molar-refractivity contribution in [2.24, 2.45) is 0 Å². The Morgan fingerprint density at radius 3 is 1.90 bits per heavy atom. The smallest absolute Gasteiger partial charge is 0.0776 e. The molecular formula is C18H22N2Si. The van der Waals surface area contributed by atoms with E-state index in [4.69, 9.17) is 0 Å². The van der Waals surface area contributed by atoms with Gasteiger partial charge in [-0.2, -0.15) is 0 Å².